The molecule has 0 aliphatic carbocycles. The summed E-state index contributed by atoms with van der Waals surface area (Å²) in [6.07, 6.45) is 5.78. The van der Waals surface area contributed by atoms with Gasteiger partial charge in [0.1, 0.15) is 0 Å². The minimum absolute atomic E-state index is 0.296. The van der Waals surface area contributed by atoms with Crippen LogP contribution >= 0.6 is 15.9 Å². The van der Waals surface area contributed by atoms with Gasteiger partial charge in [-0.2, -0.15) is 0 Å². The highest BCUT2D eigenvalue weighted by Gasteiger charge is 2.17. The van der Waals surface area contributed by atoms with E-state index in [-0.39, 0.29) is 5.97 Å². The van der Waals surface area contributed by atoms with Crippen LogP contribution < -0.4 is 4.90 Å². The standard InChI is InChI=1S/C17H22BrNO2/c1-3-21-17(20)7-4-14-12-15(18)5-6-16(14)19-10-8-13(2)9-11-19/h4-7,12-13H,3,8-11H2,1-2H3. The maximum atomic E-state index is 11.5. The molecule has 0 saturated carbocycles. The third-order valence-electron chi connectivity index (χ3n) is 3.80. The fourth-order valence-electron chi connectivity index (χ4n) is 2.54. The molecule has 0 bridgehead atoms. The van der Waals surface area contributed by atoms with E-state index >= 15 is 0 Å². The maximum absolute atomic E-state index is 11.5. The van der Waals surface area contributed by atoms with E-state index in [1.165, 1.54) is 24.6 Å². The van der Waals surface area contributed by atoms with E-state index in [1.807, 2.05) is 19.1 Å². The van der Waals surface area contributed by atoms with Gasteiger partial charge in [0.25, 0.3) is 0 Å². The summed E-state index contributed by atoms with van der Waals surface area (Å²) in [5, 5.41) is 0. The van der Waals surface area contributed by atoms with E-state index in [0.29, 0.717) is 6.61 Å². The van der Waals surface area contributed by atoms with Crippen molar-refractivity contribution in [3.05, 3.63) is 34.3 Å². The Labute approximate surface area is 135 Å². The third kappa shape index (κ3) is 4.60. The lowest BCUT2D eigenvalue weighted by Gasteiger charge is -2.33. The van der Waals surface area contributed by atoms with Crippen molar-refractivity contribution < 1.29 is 9.53 Å². The van der Waals surface area contributed by atoms with Gasteiger partial charge >= 0.3 is 5.97 Å². The normalized spacial score (nSPS) is 16.4. The molecule has 1 fully saturated rings. The zero-order valence-electron chi connectivity index (χ0n) is 12.6. The topological polar surface area (TPSA) is 29.5 Å². The number of ether oxygens (including phenoxy) is 1. The van der Waals surface area contributed by atoms with Crippen LogP contribution in [0.2, 0.25) is 0 Å². The Morgan fingerprint density at radius 3 is 2.81 bits per heavy atom. The summed E-state index contributed by atoms with van der Waals surface area (Å²) in [6, 6.07) is 6.21. The number of hydrogen-bond donors (Lipinski definition) is 0. The molecule has 0 atom stereocenters. The average Bonchev–Trinajstić information content (AvgIpc) is 2.47. The quantitative estimate of drug-likeness (QED) is 0.599. The van der Waals surface area contributed by atoms with Crippen LogP contribution in [0.1, 0.15) is 32.3 Å². The lowest BCUT2D eigenvalue weighted by Crippen LogP contribution is -2.33. The van der Waals surface area contributed by atoms with E-state index in [2.05, 4.69) is 39.9 Å². The minimum Gasteiger partial charge on any atom is -0.463 e. The SMILES string of the molecule is CCOC(=O)C=Cc1cc(Br)ccc1N1CCC(C)CC1. The number of benzene rings is 1. The number of hydrogen-bond acceptors (Lipinski definition) is 3. The first-order valence-electron chi connectivity index (χ1n) is 7.49. The van der Waals surface area contributed by atoms with Crippen LogP contribution in [0.5, 0.6) is 0 Å². The molecular formula is C17H22BrNO2. The predicted molar refractivity (Wildman–Crippen MR) is 90.4 cm³/mol. The monoisotopic (exact) mass is 351 g/mol. The number of carbonyl (C=O) groups is 1. The predicted octanol–water partition coefficient (Wildman–Crippen LogP) is 4.26. The summed E-state index contributed by atoms with van der Waals surface area (Å²) >= 11 is 3.50. The van der Waals surface area contributed by atoms with Crippen LogP contribution in [0.4, 0.5) is 5.69 Å². The molecule has 0 aromatic heterocycles. The van der Waals surface area contributed by atoms with Crippen molar-refractivity contribution in [3.63, 3.8) is 0 Å². The third-order valence-corrected chi connectivity index (χ3v) is 4.29. The smallest absolute Gasteiger partial charge is 0.330 e. The minimum atomic E-state index is -0.296. The van der Waals surface area contributed by atoms with Gasteiger partial charge in [-0.05, 0) is 55.5 Å². The van der Waals surface area contributed by atoms with Crippen molar-refractivity contribution in [1.29, 1.82) is 0 Å². The fourth-order valence-corrected chi connectivity index (χ4v) is 2.92. The molecule has 0 unspecified atom stereocenters. The largest absolute Gasteiger partial charge is 0.463 e. The Bertz CT molecular complexity index is 520. The molecule has 4 heteroatoms. The number of rotatable bonds is 4. The second-order valence-electron chi connectivity index (χ2n) is 5.46. The lowest BCUT2D eigenvalue weighted by molar-refractivity contribution is -0.137. The summed E-state index contributed by atoms with van der Waals surface area (Å²) in [4.78, 5) is 13.9. The van der Waals surface area contributed by atoms with Crippen LogP contribution in [-0.2, 0) is 9.53 Å². The lowest BCUT2D eigenvalue weighted by atomic mass is 9.98. The first kappa shape index (κ1) is 16.1. The molecule has 1 aliphatic heterocycles. The molecule has 3 nitrogen and oxygen atoms in total. The summed E-state index contributed by atoms with van der Waals surface area (Å²) in [5.41, 5.74) is 2.23. The van der Waals surface area contributed by atoms with Gasteiger partial charge in [0.15, 0.2) is 0 Å². The van der Waals surface area contributed by atoms with Crippen molar-refractivity contribution in [2.24, 2.45) is 5.92 Å². The molecule has 1 aromatic carbocycles. The molecule has 1 aliphatic rings. The van der Waals surface area contributed by atoms with E-state index in [0.717, 1.165) is 29.0 Å². The summed E-state index contributed by atoms with van der Waals surface area (Å²) in [5.74, 6) is 0.505. The molecule has 1 heterocycles. The van der Waals surface area contributed by atoms with Crippen molar-refractivity contribution >= 4 is 33.7 Å². The number of esters is 1. The van der Waals surface area contributed by atoms with Gasteiger partial charge in [0.05, 0.1) is 6.61 Å². The van der Waals surface area contributed by atoms with Gasteiger partial charge in [-0.25, -0.2) is 4.79 Å². The van der Waals surface area contributed by atoms with Crippen molar-refractivity contribution in [3.8, 4) is 0 Å². The Kier molecular flexibility index (Phi) is 5.85. The summed E-state index contributed by atoms with van der Waals surface area (Å²) < 4.78 is 5.96. The van der Waals surface area contributed by atoms with Gasteiger partial charge < -0.3 is 9.64 Å². The molecular weight excluding hydrogens is 330 g/mol. The molecule has 0 N–H and O–H groups in total. The van der Waals surface area contributed by atoms with Crippen LogP contribution in [0.15, 0.2) is 28.7 Å². The molecule has 2 rings (SSSR count). The number of carbonyl (C=O) groups excluding carboxylic acids is 1. The van der Waals surface area contributed by atoms with Gasteiger partial charge in [0, 0.05) is 29.3 Å². The van der Waals surface area contributed by atoms with E-state index in [9.17, 15) is 4.79 Å². The number of anilines is 1. The van der Waals surface area contributed by atoms with Crippen molar-refractivity contribution in [2.45, 2.75) is 26.7 Å². The summed E-state index contributed by atoms with van der Waals surface area (Å²) in [7, 11) is 0. The number of piperidine rings is 1. The zero-order chi connectivity index (χ0) is 15.2. The van der Waals surface area contributed by atoms with Crippen LogP contribution in [-0.4, -0.2) is 25.7 Å². The molecule has 21 heavy (non-hydrogen) atoms. The zero-order valence-corrected chi connectivity index (χ0v) is 14.2. The average molecular weight is 352 g/mol. The van der Waals surface area contributed by atoms with Crippen LogP contribution in [0.3, 0.4) is 0 Å². The molecule has 1 aromatic rings. The second kappa shape index (κ2) is 7.64. The Balaban J connectivity index is 2.19. The van der Waals surface area contributed by atoms with Gasteiger partial charge in [-0.3, -0.25) is 0 Å². The fraction of sp³-hybridized carbons (Fsp3) is 0.471. The van der Waals surface area contributed by atoms with Gasteiger partial charge in [-0.1, -0.05) is 22.9 Å². The molecule has 0 radical (unpaired) electrons. The van der Waals surface area contributed by atoms with Gasteiger partial charge in [-0.15, -0.1) is 0 Å². The summed E-state index contributed by atoms with van der Waals surface area (Å²) in [6.45, 7) is 6.66. The first-order valence-corrected chi connectivity index (χ1v) is 8.28. The Morgan fingerprint density at radius 2 is 2.14 bits per heavy atom. The molecule has 114 valence electrons. The highest BCUT2D eigenvalue weighted by atomic mass is 79.9. The van der Waals surface area contributed by atoms with Crippen molar-refractivity contribution in [1.82, 2.24) is 0 Å². The van der Waals surface area contributed by atoms with Crippen molar-refractivity contribution in [2.75, 3.05) is 24.6 Å². The molecule has 0 amide bonds. The highest BCUT2D eigenvalue weighted by molar-refractivity contribution is 9.10. The Hall–Kier alpha value is -1.29. The van der Waals surface area contributed by atoms with Crippen LogP contribution in [0, 0.1) is 5.92 Å². The van der Waals surface area contributed by atoms with Gasteiger partial charge in [0.2, 0.25) is 0 Å². The number of halogens is 1. The van der Waals surface area contributed by atoms with Crippen LogP contribution in [0.25, 0.3) is 6.08 Å². The van der Waals surface area contributed by atoms with E-state index in [1.54, 1.807) is 0 Å². The molecule has 1 saturated heterocycles. The first-order chi connectivity index (χ1) is 10.1. The van der Waals surface area contributed by atoms with E-state index < -0.39 is 0 Å². The van der Waals surface area contributed by atoms with E-state index in [4.69, 9.17) is 4.74 Å². The number of nitrogens with zero attached hydrogens (tertiary/aromatic N) is 1. The highest BCUT2D eigenvalue weighted by Crippen LogP contribution is 2.29. The molecule has 0 spiro atoms. The Morgan fingerprint density at radius 1 is 1.43 bits per heavy atom. The second-order valence-corrected chi connectivity index (χ2v) is 6.37. The maximum Gasteiger partial charge on any atom is 0.330 e.